The van der Waals surface area contributed by atoms with Crippen LogP contribution in [0.5, 0.6) is 0 Å². The summed E-state index contributed by atoms with van der Waals surface area (Å²) in [7, 11) is 0. The molecule has 5 heteroatoms. The number of hydrogen-bond acceptors (Lipinski definition) is 1. The van der Waals surface area contributed by atoms with Crippen LogP contribution in [0.15, 0.2) is 12.2 Å². The third-order valence-corrected chi connectivity index (χ3v) is 3.95. The topological polar surface area (TPSA) is 3.24 Å². The van der Waals surface area contributed by atoms with Crippen molar-refractivity contribution in [3.8, 4) is 0 Å². The lowest BCUT2D eigenvalue weighted by atomic mass is 9.98. The largest absolute Gasteiger partial charge is 0.368 e. The van der Waals surface area contributed by atoms with Gasteiger partial charge in [-0.15, -0.1) is 0 Å². The van der Waals surface area contributed by atoms with E-state index in [0.29, 0.717) is 19.5 Å². The van der Waals surface area contributed by atoms with Crippen LogP contribution in [0.2, 0.25) is 0 Å². The highest BCUT2D eigenvalue weighted by atomic mass is 19.2. The molecular formula is C17H21F4N. The molecular weight excluding hydrogens is 294 g/mol. The molecule has 0 radical (unpaired) electrons. The van der Waals surface area contributed by atoms with Gasteiger partial charge in [-0.1, -0.05) is 26.0 Å². The lowest BCUT2D eigenvalue weighted by Gasteiger charge is -2.29. The van der Waals surface area contributed by atoms with Crippen LogP contribution < -0.4 is 4.90 Å². The maximum absolute atomic E-state index is 14.3. The van der Waals surface area contributed by atoms with Crippen molar-refractivity contribution in [2.45, 2.75) is 45.4 Å². The zero-order valence-corrected chi connectivity index (χ0v) is 12.9. The van der Waals surface area contributed by atoms with Gasteiger partial charge in [0.05, 0.1) is 5.69 Å². The van der Waals surface area contributed by atoms with Crippen molar-refractivity contribution in [2.24, 2.45) is 0 Å². The predicted octanol–water partition coefficient (Wildman–Crippen LogP) is 5.30. The van der Waals surface area contributed by atoms with Gasteiger partial charge in [-0.2, -0.15) is 0 Å². The van der Waals surface area contributed by atoms with Gasteiger partial charge in [-0.25, -0.2) is 17.6 Å². The maximum atomic E-state index is 14.3. The Hall–Kier alpha value is -1.52. The summed E-state index contributed by atoms with van der Waals surface area (Å²) < 4.78 is 55.7. The van der Waals surface area contributed by atoms with Gasteiger partial charge in [0.25, 0.3) is 0 Å². The second kappa shape index (κ2) is 7.16. The van der Waals surface area contributed by atoms with Crippen LogP contribution in [0.25, 0.3) is 0 Å². The number of benzene rings is 1. The number of halogens is 4. The number of hydrogen-bond donors (Lipinski definition) is 0. The van der Waals surface area contributed by atoms with Gasteiger partial charge in [-0.3, -0.25) is 0 Å². The number of allylic oxidation sites excluding steroid dienone is 1. The summed E-state index contributed by atoms with van der Waals surface area (Å²) in [6, 6.07) is 0. The van der Waals surface area contributed by atoms with Crippen LogP contribution in [0.3, 0.4) is 0 Å². The van der Waals surface area contributed by atoms with E-state index < -0.39 is 29.2 Å². The van der Waals surface area contributed by atoms with Crippen molar-refractivity contribution in [1.82, 2.24) is 0 Å². The first-order valence-corrected chi connectivity index (χ1v) is 7.71. The fourth-order valence-electron chi connectivity index (χ4n) is 2.84. The number of nitrogens with zero attached hydrogens (tertiary/aromatic N) is 1. The molecule has 0 unspecified atom stereocenters. The van der Waals surface area contributed by atoms with Crippen molar-refractivity contribution in [3.05, 3.63) is 41.0 Å². The molecule has 1 aliphatic heterocycles. The number of anilines is 1. The minimum atomic E-state index is -1.73. The first-order valence-electron chi connectivity index (χ1n) is 7.71. The molecule has 0 bridgehead atoms. The highest BCUT2D eigenvalue weighted by Crippen LogP contribution is 2.36. The normalized spacial score (nSPS) is 18.0. The molecule has 0 fully saturated rings. The molecule has 1 aromatic carbocycles. The lowest BCUT2D eigenvalue weighted by molar-refractivity contribution is 0.401. The van der Waals surface area contributed by atoms with Gasteiger partial charge in [0.2, 0.25) is 0 Å². The first kappa shape index (κ1) is 16.8. The number of rotatable bonds is 2. The molecule has 0 aliphatic carbocycles. The Kier molecular flexibility index (Phi) is 5.48. The summed E-state index contributed by atoms with van der Waals surface area (Å²) >= 11 is 0. The van der Waals surface area contributed by atoms with Crippen LogP contribution in [-0.4, -0.2) is 13.1 Å². The monoisotopic (exact) mass is 315 g/mol. The zero-order chi connectivity index (χ0) is 16.3. The molecule has 0 atom stereocenters. The van der Waals surface area contributed by atoms with Crippen molar-refractivity contribution in [3.63, 3.8) is 0 Å². The van der Waals surface area contributed by atoms with Gasteiger partial charge in [0.15, 0.2) is 23.3 Å². The molecule has 1 heterocycles. The molecule has 0 N–H and O–H groups in total. The molecule has 2 rings (SSSR count). The summed E-state index contributed by atoms with van der Waals surface area (Å²) in [5.74, 6) is -6.46. The van der Waals surface area contributed by atoms with Crippen LogP contribution in [0.1, 0.15) is 51.0 Å². The quantitative estimate of drug-likeness (QED) is 0.310. The molecule has 0 saturated heterocycles. The second-order valence-corrected chi connectivity index (χ2v) is 5.92. The molecule has 0 spiro atoms. The third-order valence-electron chi connectivity index (χ3n) is 3.95. The summed E-state index contributed by atoms with van der Waals surface area (Å²) in [6.07, 6.45) is 7.38. The second-order valence-electron chi connectivity index (χ2n) is 5.92. The van der Waals surface area contributed by atoms with Crippen molar-refractivity contribution >= 4 is 5.69 Å². The van der Waals surface area contributed by atoms with Crippen molar-refractivity contribution in [1.29, 1.82) is 0 Å². The van der Waals surface area contributed by atoms with E-state index in [2.05, 4.69) is 6.08 Å². The van der Waals surface area contributed by atoms with Gasteiger partial charge in [0.1, 0.15) is 0 Å². The summed E-state index contributed by atoms with van der Waals surface area (Å²) in [5.41, 5.74) is -0.207. The fourth-order valence-corrected chi connectivity index (χ4v) is 2.84. The Morgan fingerprint density at radius 3 is 2.14 bits per heavy atom. The SMILES string of the molecule is CC(C)c1c(F)c(F)c(F)c(F)c1N1CC/C=C\CCCC1. The van der Waals surface area contributed by atoms with E-state index in [-0.39, 0.29) is 11.3 Å². The Morgan fingerprint density at radius 1 is 0.818 bits per heavy atom. The lowest BCUT2D eigenvalue weighted by Crippen LogP contribution is -2.29. The molecule has 1 aromatic rings. The molecule has 0 amide bonds. The Morgan fingerprint density at radius 2 is 1.45 bits per heavy atom. The van der Waals surface area contributed by atoms with Crippen LogP contribution >= 0.6 is 0 Å². The van der Waals surface area contributed by atoms with E-state index in [4.69, 9.17) is 0 Å². The van der Waals surface area contributed by atoms with Crippen LogP contribution in [-0.2, 0) is 0 Å². The Bertz CT molecular complexity index is 567. The predicted molar refractivity (Wildman–Crippen MR) is 80.2 cm³/mol. The third kappa shape index (κ3) is 3.28. The van der Waals surface area contributed by atoms with E-state index in [1.165, 1.54) is 0 Å². The van der Waals surface area contributed by atoms with E-state index in [1.54, 1.807) is 18.7 Å². The van der Waals surface area contributed by atoms with Gasteiger partial charge < -0.3 is 4.90 Å². The molecule has 22 heavy (non-hydrogen) atoms. The standard InChI is InChI=1S/C17H21F4N/c1-11(2)12-13(18)14(19)15(20)16(21)17(12)22-9-7-5-3-4-6-8-10-22/h3,5,11H,4,6-10H2,1-2H3/b5-3-. The van der Waals surface area contributed by atoms with Crippen molar-refractivity contribution < 1.29 is 17.6 Å². The Balaban J connectivity index is 2.53. The minimum absolute atomic E-state index is 0.0837. The van der Waals surface area contributed by atoms with Gasteiger partial charge >= 0.3 is 0 Å². The van der Waals surface area contributed by atoms with E-state index >= 15 is 0 Å². The molecule has 0 saturated carbocycles. The molecule has 0 aromatic heterocycles. The maximum Gasteiger partial charge on any atom is 0.199 e. The van der Waals surface area contributed by atoms with Crippen LogP contribution in [0, 0.1) is 23.3 Å². The zero-order valence-electron chi connectivity index (χ0n) is 12.9. The van der Waals surface area contributed by atoms with Gasteiger partial charge in [-0.05, 0) is 31.6 Å². The molecule has 1 nitrogen and oxygen atoms in total. The fraction of sp³-hybridized carbons (Fsp3) is 0.529. The summed E-state index contributed by atoms with van der Waals surface area (Å²) in [6.45, 7) is 4.25. The highest BCUT2D eigenvalue weighted by Gasteiger charge is 2.29. The average molecular weight is 315 g/mol. The minimum Gasteiger partial charge on any atom is -0.368 e. The van der Waals surface area contributed by atoms with E-state index in [1.807, 2.05) is 6.08 Å². The van der Waals surface area contributed by atoms with E-state index in [0.717, 1.165) is 19.3 Å². The van der Waals surface area contributed by atoms with Gasteiger partial charge in [0, 0.05) is 18.7 Å². The summed E-state index contributed by atoms with van der Waals surface area (Å²) in [4.78, 5) is 1.64. The molecule has 1 aliphatic rings. The molecule has 122 valence electrons. The average Bonchev–Trinajstić information content (AvgIpc) is 2.61. The first-order chi connectivity index (χ1) is 10.4. The van der Waals surface area contributed by atoms with Crippen LogP contribution in [0.4, 0.5) is 23.2 Å². The summed E-state index contributed by atoms with van der Waals surface area (Å²) in [5, 5.41) is 0. The smallest absolute Gasteiger partial charge is 0.199 e. The highest BCUT2D eigenvalue weighted by molar-refractivity contribution is 5.57. The Labute approximate surface area is 128 Å². The van der Waals surface area contributed by atoms with Crippen molar-refractivity contribution in [2.75, 3.05) is 18.0 Å². The van der Waals surface area contributed by atoms with E-state index in [9.17, 15) is 17.6 Å².